The second-order valence-corrected chi connectivity index (χ2v) is 4.42. The predicted octanol–water partition coefficient (Wildman–Crippen LogP) is 3.68. The number of halogens is 1. The molecule has 1 heterocycles. The summed E-state index contributed by atoms with van der Waals surface area (Å²) >= 11 is 5.65. The quantitative estimate of drug-likeness (QED) is 0.773. The van der Waals surface area contributed by atoms with Crippen LogP contribution in [0.2, 0.25) is 0 Å². The van der Waals surface area contributed by atoms with E-state index in [4.69, 9.17) is 16.0 Å². The molecule has 2 nitrogen and oxygen atoms in total. The Hall–Kier alpha value is -1.54. The number of furan rings is 1. The van der Waals surface area contributed by atoms with Gasteiger partial charge in [0.2, 0.25) is 5.24 Å². The van der Waals surface area contributed by atoms with Crippen molar-refractivity contribution in [3.05, 3.63) is 59.5 Å². The Bertz CT molecular complexity index is 485. The van der Waals surface area contributed by atoms with Gasteiger partial charge in [-0.1, -0.05) is 29.8 Å². The van der Waals surface area contributed by atoms with Crippen molar-refractivity contribution in [2.45, 2.75) is 19.3 Å². The fourth-order valence-corrected chi connectivity index (χ4v) is 1.96. The second kappa shape index (κ2) is 5.19. The van der Waals surface area contributed by atoms with Crippen LogP contribution < -0.4 is 0 Å². The number of benzene rings is 1. The van der Waals surface area contributed by atoms with Crippen LogP contribution in [0.4, 0.5) is 0 Å². The molecule has 0 aliphatic rings. The van der Waals surface area contributed by atoms with Crippen LogP contribution in [-0.4, -0.2) is 5.24 Å². The zero-order valence-corrected chi connectivity index (χ0v) is 10.3. The number of carbonyl (C=O) groups excluding carboxylic acids is 1. The maximum absolute atomic E-state index is 11.5. The third-order valence-corrected chi connectivity index (χ3v) is 3.00. The lowest BCUT2D eigenvalue weighted by Crippen LogP contribution is -2.09. The van der Waals surface area contributed by atoms with Crippen molar-refractivity contribution in [1.29, 1.82) is 0 Å². The standard InChI is InChI=1S/C14H13ClO2/c1-10-4-6-11(7-5-10)13(14(15)16)9-12-3-2-8-17-12/h2-8,13H,9H2,1H3. The molecule has 0 aliphatic heterocycles. The van der Waals surface area contributed by atoms with Crippen molar-refractivity contribution >= 4 is 16.8 Å². The summed E-state index contributed by atoms with van der Waals surface area (Å²) in [6, 6.07) is 11.5. The van der Waals surface area contributed by atoms with Gasteiger partial charge in [-0.2, -0.15) is 0 Å². The van der Waals surface area contributed by atoms with E-state index in [2.05, 4.69) is 0 Å². The summed E-state index contributed by atoms with van der Waals surface area (Å²) in [4.78, 5) is 11.5. The highest BCUT2D eigenvalue weighted by Crippen LogP contribution is 2.24. The molecule has 0 saturated heterocycles. The van der Waals surface area contributed by atoms with Crippen LogP contribution in [0, 0.1) is 6.92 Å². The first-order valence-corrected chi connectivity index (χ1v) is 5.83. The summed E-state index contributed by atoms with van der Waals surface area (Å²) in [7, 11) is 0. The van der Waals surface area contributed by atoms with Crippen LogP contribution in [0.1, 0.15) is 22.8 Å². The van der Waals surface area contributed by atoms with Crippen LogP contribution in [0.15, 0.2) is 47.1 Å². The van der Waals surface area contributed by atoms with Crippen molar-refractivity contribution in [2.24, 2.45) is 0 Å². The Morgan fingerprint density at radius 2 is 2.00 bits per heavy atom. The zero-order chi connectivity index (χ0) is 12.3. The van der Waals surface area contributed by atoms with Gasteiger partial charge in [-0.05, 0) is 36.2 Å². The third-order valence-electron chi connectivity index (χ3n) is 2.74. The van der Waals surface area contributed by atoms with Gasteiger partial charge in [0.15, 0.2) is 0 Å². The summed E-state index contributed by atoms with van der Waals surface area (Å²) in [5.74, 6) is 0.424. The van der Waals surface area contributed by atoms with Gasteiger partial charge in [0.25, 0.3) is 0 Å². The van der Waals surface area contributed by atoms with Crippen LogP contribution in [0.25, 0.3) is 0 Å². The average Bonchev–Trinajstić information content (AvgIpc) is 2.80. The number of hydrogen-bond donors (Lipinski definition) is 0. The van der Waals surface area contributed by atoms with Crippen molar-refractivity contribution in [1.82, 2.24) is 0 Å². The molecular weight excluding hydrogens is 236 g/mol. The van der Waals surface area contributed by atoms with E-state index in [0.29, 0.717) is 6.42 Å². The molecule has 0 bridgehead atoms. The molecule has 3 heteroatoms. The van der Waals surface area contributed by atoms with E-state index >= 15 is 0 Å². The zero-order valence-electron chi connectivity index (χ0n) is 9.52. The highest BCUT2D eigenvalue weighted by molar-refractivity contribution is 6.64. The lowest BCUT2D eigenvalue weighted by Gasteiger charge is -2.11. The Balaban J connectivity index is 2.23. The van der Waals surface area contributed by atoms with Gasteiger partial charge in [0, 0.05) is 6.42 Å². The molecule has 0 N–H and O–H groups in total. The largest absolute Gasteiger partial charge is 0.469 e. The molecule has 2 aromatic rings. The highest BCUT2D eigenvalue weighted by atomic mass is 35.5. The minimum Gasteiger partial charge on any atom is -0.469 e. The SMILES string of the molecule is Cc1ccc(C(Cc2ccco2)C(=O)Cl)cc1. The average molecular weight is 249 g/mol. The van der Waals surface area contributed by atoms with Crippen LogP contribution in [-0.2, 0) is 11.2 Å². The molecule has 2 rings (SSSR count). The Morgan fingerprint density at radius 1 is 1.29 bits per heavy atom. The molecule has 1 aromatic heterocycles. The van der Waals surface area contributed by atoms with Crippen molar-refractivity contribution < 1.29 is 9.21 Å². The fraction of sp³-hybridized carbons (Fsp3) is 0.214. The van der Waals surface area contributed by atoms with E-state index in [1.165, 1.54) is 0 Å². The van der Waals surface area contributed by atoms with E-state index in [1.807, 2.05) is 37.3 Å². The van der Waals surface area contributed by atoms with Gasteiger partial charge in [0.05, 0.1) is 12.2 Å². The van der Waals surface area contributed by atoms with Crippen molar-refractivity contribution in [3.8, 4) is 0 Å². The van der Waals surface area contributed by atoms with E-state index in [1.54, 1.807) is 12.3 Å². The molecule has 88 valence electrons. The van der Waals surface area contributed by atoms with Crippen LogP contribution >= 0.6 is 11.6 Å². The Morgan fingerprint density at radius 3 is 2.53 bits per heavy atom. The molecule has 1 aromatic carbocycles. The summed E-state index contributed by atoms with van der Waals surface area (Å²) in [5, 5.41) is -0.356. The minimum atomic E-state index is -0.356. The first-order valence-electron chi connectivity index (χ1n) is 5.45. The highest BCUT2D eigenvalue weighted by Gasteiger charge is 2.20. The van der Waals surface area contributed by atoms with Crippen molar-refractivity contribution in [3.63, 3.8) is 0 Å². The smallest absolute Gasteiger partial charge is 0.229 e. The van der Waals surface area contributed by atoms with Gasteiger partial charge in [-0.15, -0.1) is 0 Å². The molecule has 0 aliphatic carbocycles. The number of aryl methyl sites for hydroxylation is 1. The number of carbonyl (C=O) groups is 1. The van der Waals surface area contributed by atoms with Gasteiger partial charge in [0.1, 0.15) is 5.76 Å². The Kier molecular flexibility index (Phi) is 3.64. The molecule has 0 amide bonds. The lowest BCUT2D eigenvalue weighted by atomic mass is 9.95. The molecule has 1 unspecified atom stereocenters. The molecule has 0 spiro atoms. The third kappa shape index (κ3) is 2.98. The van der Waals surface area contributed by atoms with E-state index in [-0.39, 0.29) is 11.2 Å². The maximum Gasteiger partial charge on any atom is 0.229 e. The minimum absolute atomic E-state index is 0.344. The second-order valence-electron chi connectivity index (χ2n) is 4.05. The van der Waals surface area contributed by atoms with E-state index in [9.17, 15) is 4.79 Å². The van der Waals surface area contributed by atoms with Crippen LogP contribution in [0.3, 0.4) is 0 Å². The Labute approximate surface area is 105 Å². The normalized spacial score (nSPS) is 12.4. The summed E-state index contributed by atoms with van der Waals surface area (Å²) < 4.78 is 5.25. The van der Waals surface area contributed by atoms with Gasteiger partial charge in [-0.25, -0.2) is 0 Å². The molecule has 0 radical (unpaired) electrons. The van der Waals surface area contributed by atoms with Gasteiger partial charge >= 0.3 is 0 Å². The van der Waals surface area contributed by atoms with Gasteiger partial charge < -0.3 is 4.42 Å². The van der Waals surface area contributed by atoms with Gasteiger partial charge in [-0.3, -0.25) is 4.79 Å². The summed E-state index contributed by atoms with van der Waals surface area (Å²) in [6.45, 7) is 2.01. The summed E-state index contributed by atoms with van der Waals surface area (Å²) in [5.41, 5.74) is 2.08. The molecule has 0 fully saturated rings. The van der Waals surface area contributed by atoms with Crippen molar-refractivity contribution in [2.75, 3.05) is 0 Å². The topological polar surface area (TPSA) is 30.2 Å². The lowest BCUT2D eigenvalue weighted by molar-refractivity contribution is -0.113. The molecule has 0 saturated carbocycles. The number of rotatable bonds is 4. The monoisotopic (exact) mass is 248 g/mol. The number of hydrogen-bond acceptors (Lipinski definition) is 2. The summed E-state index contributed by atoms with van der Waals surface area (Å²) in [6.07, 6.45) is 2.10. The maximum atomic E-state index is 11.5. The predicted molar refractivity (Wildman–Crippen MR) is 67.2 cm³/mol. The van der Waals surface area contributed by atoms with E-state index < -0.39 is 0 Å². The molecule has 1 atom stereocenters. The molecular formula is C14H13ClO2. The van der Waals surface area contributed by atoms with E-state index in [0.717, 1.165) is 16.9 Å². The van der Waals surface area contributed by atoms with Crippen LogP contribution in [0.5, 0.6) is 0 Å². The first-order chi connectivity index (χ1) is 8.16. The fourth-order valence-electron chi connectivity index (χ4n) is 1.76. The molecule has 17 heavy (non-hydrogen) atoms. The first kappa shape index (κ1) is 11.9.